The van der Waals surface area contributed by atoms with E-state index >= 15 is 0 Å². The molecule has 0 saturated carbocycles. The third-order valence-corrected chi connectivity index (χ3v) is 11.1. The number of nitrogens with zero attached hydrogens (tertiary/aromatic N) is 3. The summed E-state index contributed by atoms with van der Waals surface area (Å²) in [6.45, 7) is 0. The van der Waals surface area contributed by atoms with E-state index in [4.69, 9.17) is 9.97 Å². The van der Waals surface area contributed by atoms with Crippen molar-refractivity contribution < 1.29 is 0 Å². The second-order valence-electron chi connectivity index (χ2n) is 14.2. The molecule has 0 aliphatic heterocycles. The van der Waals surface area contributed by atoms with Crippen molar-refractivity contribution in [1.82, 2.24) is 14.5 Å². The fourth-order valence-electron chi connectivity index (χ4n) is 8.31. The average molecular weight is 700 g/mol. The fraction of sp³-hybridized carbons (Fsp3) is 0. The highest BCUT2D eigenvalue weighted by atomic mass is 15.0. The van der Waals surface area contributed by atoms with Gasteiger partial charge in [-0.1, -0.05) is 170 Å². The Kier molecular flexibility index (Phi) is 7.17. The Morgan fingerprint density at radius 1 is 0.291 bits per heavy atom. The summed E-state index contributed by atoms with van der Waals surface area (Å²) in [6, 6.07) is 69.5. The van der Waals surface area contributed by atoms with Crippen molar-refractivity contribution in [3.05, 3.63) is 200 Å². The van der Waals surface area contributed by atoms with Crippen LogP contribution in [0.25, 0.3) is 105 Å². The van der Waals surface area contributed by atoms with E-state index in [-0.39, 0.29) is 0 Å². The van der Waals surface area contributed by atoms with Crippen molar-refractivity contribution in [3.63, 3.8) is 0 Å². The van der Waals surface area contributed by atoms with Gasteiger partial charge >= 0.3 is 0 Å². The molecule has 2 heterocycles. The molecular formula is C52H33N3. The lowest BCUT2D eigenvalue weighted by molar-refractivity contribution is 1.18. The summed E-state index contributed by atoms with van der Waals surface area (Å²) < 4.78 is 2.36. The minimum Gasteiger partial charge on any atom is -0.309 e. The van der Waals surface area contributed by atoms with Gasteiger partial charge in [0.2, 0.25) is 0 Å². The molecule has 0 fully saturated rings. The fourth-order valence-corrected chi connectivity index (χ4v) is 8.31. The first-order valence-electron chi connectivity index (χ1n) is 18.7. The lowest BCUT2D eigenvalue weighted by atomic mass is 9.97. The van der Waals surface area contributed by atoms with Crippen LogP contribution in [0.4, 0.5) is 0 Å². The molecule has 55 heavy (non-hydrogen) atoms. The van der Waals surface area contributed by atoms with Crippen LogP contribution >= 0.6 is 0 Å². The summed E-state index contributed by atoms with van der Waals surface area (Å²) >= 11 is 0. The zero-order valence-electron chi connectivity index (χ0n) is 29.9. The SMILES string of the molecule is c1ccc2c(c1)c1ccccc1c1nc(-c3ccc(-c4ccc(-c5ccc(-c6ccc(-n7c8ccccc8c8ccccc87)cc6)cc5)cc4)cc3)cnc21. The van der Waals surface area contributed by atoms with Crippen LogP contribution in [0.5, 0.6) is 0 Å². The maximum absolute atomic E-state index is 5.17. The second kappa shape index (κ2) is 12.6. The van der Waals surface area contributed by atoms with Crippen molar-refractivity contribution in [2.75, 3.05) is 0 Å². The van der Waals surface area contributed by atoms with Gasteiger partial charge in [0.25, 0.3) is 0 Å². The molecule has 0 aliphatic carbocycles. The topological polar surface area (TPSA) is 30.7 Å². The van der Waals surface area contributed by atoms with Gasteiger partial charge in [-0.25, -0.2) is 4.98 Å². The van der Waals surface area contributed by atoms with Crippen LogP contribution in [0, 0.1) is 0 Å². The number of rotatable bonds is 5. The van der Waals surface area contributed by atoms with Gasteiger partial charge in [-0.3, -0.25) is 4.98 Å². The third-order valence-electron chi connectivity index (χ3n) is 11.1. The first kappa shape index (κ1) is 31.2. The molecule has 0 atom stereocenters. The van der Waals surface area contributed by atoms with E-state index in [1.165, 1.54) is 66.0 Å². The number of benzene rings is 9. The molecular weight excluding hydrogens is 667 g/mol. The molecule has 0 amide bonds. The van der Waals surface area contributed by atoms with Crippen LogP contribution in [0.15, 0.2) is 200 Å². The van der Waals surface area contributed by atoms with Gasteiger partial charge in [-0.15, -0.1) is 0 Å². The number of para-hydroxylation sites is 2. The van der Waals surface area contributed by atoms with E-state index in [2.05, 4.69) is 199 Å². The zero-order chi connectivity index (χ0) is 36.3. The highest BCUT2D eigenvalue weighted by Crippen LogP contribution is 2.36. The maximum atomic E-state index is 5.17. The van der Waals surface area contributed by atoms with E-state index in [1.807, 2.05) is 6.20 Å². The van der Waals surface area contributed by atoms with Gasteiger partial charge in [-0.05, 0) is 68.4 Å². The summed E-state index contributed by atoms with van der Waals surface area (Å²) in [6.07, 6.45) is 1.90. The van der Waals surface area contributed by atoms with Gasteiger partial charge in [0.1, 0.15) is 0 Å². The van der Waals surface area contributed by atoms with E-state index < -0.39 is 0 Å². The van der Waals surface area contributed by atoms with Crippen LogP contribution in [-0.2, 0) is 0 Å². The van der Waals surface area contributed by atoms with Crippen molar-refractivity contribution in [2.45, 2.75) is 0 Å². The number of hydrogen-bond acceptors (Lipinski definition) is 2. The molecule has 9 aromatic carbocycles. The lowest BCUT2D eigenvalue weighted by Gasteiger charge is -2.11. The highest BCUT2D eigenvalue weighted by Gasteiger charge is 2.14. The van der Waals surface area contributed by atoms with Crippen molar-refractivity contribution >= 4 is 54.4 Å². The molecule has 0 aliphatic rings. The Labute approximate surface area is 318 Å². The van der Waals surface area contributed by atoms with Crippen molar-refractivity contribution in [3.8, 4) is 50.3 Å². The number of fused-ring (bicyclic) bond motifs is 9. The average Bonchev–Trinajstić information content (AvgIpc) is 3.61. The number of aromatic nitrogens is 3. The van der Waals surface area contributed by atoms with Gasteiger partial charge in [0.05, 0.1) is 34.0 Å². The first-order valence-corrected chi connectivity index (χ1v) is 18.7. The maximum Gasteiger partial charge on any atom is 0.0979 e. The van der Waals surface area contributed by atoms with Crippen LogP contribution in [0.1, 0.15) is 0 Å². The molecule has 3 heteroatoms. The molecule has 11 aromatic rings. The molecule has 0 unspecified atom stereocenters. The molecule has 3 nitrogen and oxygen atoms in total. The van der Waals surface area contributed by atoms with Crippen LogP contribution < -0.4 is 0 Å². The van der Waals surface area contributed by atoms with E-state index in [9.17, 15) is 0 Å². The standard InChI is InChI=1S/C52H33N3/c1-3-13-46-42(9-1)43-10-2-4-14-47(43)52-51(46)53-33-48(54-52)40-27-25-38(26-28-40)36-19-17-34(18-20-36)35-21-23-37(24-22-35)39-29-31-41(32-30-39)55-49-15-7-5-11-44(49)45-12-6-8-16-50(45)55/h1-33H. The van der Waals surface area contributed by atoms with Crippen LogP contribution in [0.3, 0.4) is 0 Å². The van der Waals surface area contributed by atoms with Crippen LogP contribution in [-0.4, -0.2) is 14.5 Å². The summed E-state index contributed by atoms with van der Waals surface area (Å²) in [7, 11) is 0. The van der Waals surface area contributed by atoms with E-state index in [0.717, 1.165) is 38.8 Å². The van der Waals surface area contributed by atoms with Gasteiger partial charge in [0.15, 0.2) is 0 Å². The molecule has 0 radical (unpaired) electrons. The van der Waals surface area contributed by atoms with Gasteiger partial charge in [0, 0.05) is 32.8 Å². The molecule has 0 spiro atoms. The zero-order valence-corrected chi connectivity index (χ0v) is 29.9. The van der Waals surface area contributed by atoms with Crippen molar-refractivity contribution in [1.29, 1.82) is 0 Å². The molecule has 0 bridgehead atoms. The van der Waals surface area contributed by atoms with Gasteiger partial charge in [-0.2, -0.15) is 0 Å². The Balaban J connectivity index is 0.831. The predicted molar refractivity (Wildman–Crippen MR) is 231 cm³/mol. The quantitative estimate of drug-likeness (QED) is 0.167. The van der Waals surface area contributed by atoms with Crippen LogP contribution in [0.2, 0.25) is 0 Å². The molecule has 2 aromatic heterocycles. The smallest absolute Gasteiger partial charge is 0.0979 e. The third kappa shape index (κ3) is 5.20. The minimum atomic E-state index is 0.873. The second-order valence-corrected chi connectivity index (χ2v) is 14.2. The lowest BCUT2D eigenvalue weighted by Crippen LogP contribution is -1.93. The van der Waals surface area contributed by atoms with E-state index in [0.29, 0.717) is 0 Å². The monoisotopic (exact) mass is 699 g/mol. The molecule has 0 saturated heterocycles. The number of hydrogen-bond donors (Lipinski definition) is 0. The Bertz CT molecular complexity index is 3120. The van der Waals surface area contributed by atoms with Crippen molar-refractivity contribution in [2.24, 2.45) is 0 Å². The van der Waals surface area contributed by atoms with Gasteiger partial charge < -0.3 is 4.57 Å². The highest BCUT2D eigenvalue weighted by molar-refractivity contribution is 6.23. The molecule has 11 rings (SSSR count). The summed E-state index contributed by atoms with van der Waals surface area (Å²) in [4.78, 5) is 10.1. The molecule has 256 valence electrons. The summed E-state index contributed by atoms with van der Waals surface area (Å²) in [5.41, 5.74) is 14.6. The first-order chi connectivity index (χ1) is 27.3. The minimum absolute atomic E-state index is 0.873. The largest absolute Gasteiger partial charge is 0.309 e. The Hall–Kier alpha value is -7.36. The predicted octanol–water partition coefficient (Wildman–Crippen LogP) is 13.7. The van der Waals surface area contributed by atoms with E-state index in [1.54, 1.807) is 0 Å². The summed E-state index contributed by atoms with van der Waals surface area (Å²) in [5, 5.41) is 7.22. The summed E-state index contributed by atoms with van der Waals surface area (Å²) in [5.74, 6) is 0. The normalized spacial score (nSPS) is 11.6. The molecule has 0 N–H and O–H groups in total. The Morgan fingerprint density at radius 2 is 0.636 bits per heavy atom. The Morgan fingerprint density at radius 3 is 1.09 bits per heavy atom.